The Bertz CT molecular complexity index is 1150. The van der Waals surface area contributed by atoms with Crippen LogP contribution in [0.15, 0.2) is 53.9 Å². The summed E-state index contributed by atoms with van der Waals surface area (Å²) >= 11 is 3.09. The maximum absolute atomic E-state index is 14.7. The molecule has 0 fully saturated rings. The molecule has 1 N–H and O–H groups in total. The van der Waals surface area contributed by atoms with E-state index < -0.39 is 23.2 Å². The number of halogens is 2. The molecule has 5 nitrogen and oxygen atoms in total. The number of nitrogens with zero attached hydrogens (tertiary/aromatic N) is 4. The van der Waals surface area contributed by atoms with Gasteiger partial charge in [0.1, 0.15) is 29.9 Å². The Kier molecular flexibility index (Phi) is 5.37. The first kappa shape index (κ1) is 19.9. The van der Waals surface area contributed by atoms with Gasteiger partial charge >= 0.3 is 0 Å². The third-order valence-corrected chi connectivity index (χ3v) is 6.89. The molecule has 0 aliphatic carbocycles. The predicted molar refractivity (Wildman–Crippen MR) is 110 cm³/mol. The van der Waals surface area contributed by atoms with Crippen LogP contribution in [0.1, 0.15) is 23.4 Å². The van der Waals surface area contributed by atoms with Crippen molar-refractivity contribution in [1.82, 2.24) is 19.7 Å². The van der Waals surface area contributed by atoms with Crippen LogP contribution in [0.25, 0.3) is 10.2 Å². The molecule has 150 valence electrons. The number of thioether (sulfide) groups is 1. The van der Waals surface area contributed by atoms with Crippen LogP contribution in [-0.2, 0) is 12.1 Å². The van der Waals surface area contributed by atoms with E-state index in [9.17, 15) is 13.9 Å². The first-order valence-corrected chi connectivity index (χ1v) is 10.9. The van der Waals surface area contributed by atoms with E-state index in [4.69, 9.17) is 0 Å². The Morgan fingerprint density at radius 2 is 2.07 bits per heavy atom. The molecule has 29 heavy (non-hydrogen) atoms. The molecule has 2 atom stereocenters. The monoisotopic (exact) mass is 432 g/mol. The van der Waals surface area contributed by atoms with Gasteiger partial charge in [0.2, 0.25) is 0 Å². The molecule has 0 aliphatic rings. The van der Waals surface area contributed by atoms with Crippen molar-refractivity contribution in [2.75, 3.05) is 6.26 Å². The smallest absolute Gasteiger partial charge is 0.137 e. The Balaban J connectivity index is 1.81. The quantitative estimate of drug-likeness (QED) is 0.452. The van der Waals surface area contributed by atoms with E-state index >= 15 is 0 Å². The Morgan fingerprint density at radius 3 is 2.76 bits per heavy atom. The second-order valence-electron chi connectivity index (χ2n) is 6.75. The minimum atomic E-state index is -1.71. The number of hydrogen-bond acceptors (Lipinski definition) is 6. The number of thiazole rings is 1. The highest BCUT2D eigenvalue weighted by Crippen LogP contribution is 2.42. The molecule has 2 heterocycles. The molecular weight excluding hydrogens is 414 g/mol. The topological polar surface area (TPSA) is 63.8 Å². The van der Waals surface area contributed by atoms with Gasteiger partial charge in [-0.3, -0.25) is 0 Å². The lowest BCUT2D eigenvalue weighted by Gasteiger charge is -2.33. The second-order valence-corrected chi connectivity index (χ2v) is 8.69. The third-order valence-electron chi connectivity index (χ3n) is 4.97. The highest BCUT2D eigenvalue weighted by Gasteiger charge is 2.41. The maximum Gasteiger partial charge on any atom is 0.137 e. The predicted octanol–water partition coefficient (Wildman–Crippen LogP) is 4.58. The summed E-state index contributed by atoms with van der Waals surface area (Å²) in [6.07, 6.45) is 4.79. The lowest BCUT2D eigenvalue weighted by molar-refractivity contribution is -0.0112. The van der Waals surface area contributed by atoms with Crippen molar-refractivity contribution < 1.29 is 13.9 Å². The zero-order valence-electron chi connectivity index (χ0n) is 15.7. The van der Waals surface area contributed by atoms with Crippen LogP contribution in [0.2, 0.25) is 0 Å². The molecule has 0 amide bonds. The first-order chi connectivity index (χ1) is 13.9. The van der Waals surface area contributed by atoms with Crippen molar-refractivity contribution in [3.63, 3.8) is 0 Å². The minimum absolute atomic E-state index is 0.00837. The average molecular weight is 433 g/mol. The van der Waals surface area contributed by atoms with Crippen molar-refractivity contribution in [2.24, 2.45) is 0 Å². The Morgan fingerprint density at radius 1 is 1.24 bits per heavy atom. The van der Waals surface area contributed by atoms with E-state index in [1.165, 1.54) is 34.7 Å². The van der Waals surface area contributed by atoms with Gasteiger partial charge in [-0.15, -0.1) is 23.1 Å². The van der Waals surface area contributed by atoms with Gasteiger partial charge in [-0.1, -0.05) is 13.0 Å². The summed E-state index contributed by atoms with van der Waals surface area (Å²) < 4.78 is 30.6. The van der Waals surface area contributed by atoms with Crippen LogP contribution in [0.3, 0.4) is 0 Å². The number of aliphatic hydroxyl groups is 1. The first-order valence-electron chi connectivity index (χ1n) is 8.85. The van der Waals surface area contributed by atoms with Gasteiger partial charge in [0.05, 0.1) is 21.8 Å². The van der Waals surface area contributed by atoms with E-state index in [0.29, 0.717) is 5.01 Å². The molecule has 4 rings (SSSR count). The van der Waals surface area contributed by atoms with Crippen molar-refractivity contribution in [1.29, 1.82) is 0 Å². The number of rotatable bonds is 6. The van der Waals surface area contributed by atoms with E-state index in [2.05, 4.69) is 15.1 Å². The highest BCUT2D eigenvalue weighted by molar-refractivity contribution is 7.98. The van der Waals surface area contributed by atoms with Crippen molar-refractivity contribution in [2.45, 2.75) is 29.9 Å². The normalized spacial score (nSPS) is 14.8. The maximum atomic E-state index is 14.7. The Labute approximate surface area is 174 Å². The van der Waals surface area contributed by atoms with Crippen molar-refractivity contribution >= 4 is 33.3 Å². The van der Waals surface area contributed by atoms with Crippen LogP contribution < -0.4 is 0 Å². The summed E-state index contributed by atoms with van der Waals surface area (Å²) in [4.78, 5) is 9.67. The molecule has 0 saturated carbocycles. The van der Waals surface area contributed by atoms with Gasteiger partial charge in [0.15, 0.2) is 0 Å². The summed E-state index contributed by atoms with van der Waals surface area (Å²) in [7, 11) is 0. The largest absolute Gasteiger partial charge is 0.382 e. The number of aromatic nitrogens is 4. The molecule has 0 bridgehead atoms. The SMILES string of the molecule is CSc1ccc2nc([C@H](C)[C@](O)(Cn3cncn3)c3ccc(F)cc3F)sc2c1. The lowest BCUT2D eigenvalue weighted by Crippen LogP contribution is -2.38. The molecule has 2 aromatic carbocycles. The molecule has 0 radical (unpaired) electrons. The minimum Gasteiger partial charge on any atom is -0.382 e. The van der Waals surface area contributed by atoms with Crippen LogP contribution in [0.4, 0.5) is 8.78 Å². The van der Waals surface area contributed by atoms with Gasteiger partial charge in [-0.05, 0) is 30.5 Å². The number of benzene rings is 2. The van der Waals surface area contributed by atoms with E-state index in [-0.39, 0.29) is 12.1 Å². The summed E-state index contributed by atoms with van der Waals surface area (Å²) in [5.41, 5.74) is -0.898. The van der Waals surface area contributed by atoms with Gasteiger partial charge in [-0.2, -0.15) is 5.10 Å². The van der Waals surface area contributed by atoms with E-state index in [1.54, 1.807) is 18.7 Å². The molecule has 0 aliphatic heterocycles. The van der Waals surface area contributed by atoms with Gasteiger partial charge < -0.3 is 5.11 Å². The van der Waals surface area contributed by atoms with Gasteiger partial charge in [0, 0.05) is 22.4 Å². The second kappa shape index (κ2) is 7.81. The fraction of sp³-hybridized carbons (Fsp3) is 0.250. The zero-order chi connectivity index (χ0) is 20.6. The molecular formula is C20H18F2N4OS2. The van der Waals surface area contributed by atoms with Gasteiger partial charge in [0.25, 0.3) is 0 Å². The van der Waals surface area contributed by atoms with E-state index in [0.717, 1.165) is 27.2 Å². The molecule has 0 saturated heterocycles. The summed E-state index contributed by atoms with van der Waals surface area (Å²) in [5, 5.41) is 16.4. The van der Waals surface area contributed by atoms with Crippen LogP contribution in [0.5, 0.6) is 0 Å². The number of fused-ring (bicyclic) bond motifs is 1. The van der Waals surface area contributed by atoms with Gasteiger partial charge in [-0.25, -0.2) is 23.4 Å². The van der Waals surface area contributed by atoms with Crippen molar-refractivity contribution in [3.05, 3.63) is 71.3 Å². The summed E-state index contributed by atoms with van der Waals surface area (Å²) in [5.74, 6) is -2.10. The summed E-state index contributed by atoms with van der Waals surface area (Å²) in [6.45, 7) is 1.73. The molecule has 0 unspecified atom stereocenters. The van der Waals surface area contributed by atoms with Crippen LogP contribution >= 0.6 is 23.1 Å². The molecule has 0 spiro atoms. The summed E-state index contributed by atoms with van der Waals surface area (Å²) in [6, 6.07) is 9.16. The standard InChI is InChI=1S/C20H18F2N4OS2/c1-12(19-25-17-6-4-14(28-2)8-18(17)29-19)20(27,9-26-11-23-10-24-26)15-5-3-13(21)7-16(15)22/h3-8,10-12,27H,9H2,1-2H3/t12-,20+/m0/s1. The van der Waals surface area contributed by atoms with Crippen molar-refractivity contribution in [3.8, 4) is 0 Å². The fourth-order valence-electron chi connectivity index (χ4n) is 3.30. The third kappa shape index (κ3) is 3.77. The fourth-order valence-corrected chi connectivity index (χ4v) is 4.96. The van der Waals surface area contributed by atoms with Crippen LogP contribution in [-0.4, -0.2) is 31.1 Å². The van der Waals surface area contributed by atoms with E-state index in [1.807, 2.05) is 24.5 Å². The lowest BCUT2D eigenvalue weighted by atomic mass is 9.82. The highest BCUT2D eigenvalue weighted by atomic mass is 32.2. The Hall–Kier alpha value is -2.36. The molecule has 2 aromatic heterocycles. The molecule has 9 heteroatoms. The van der Waals surface area contributed by atoms with Crippen LogP contribution in [0, 0.1) is 11.6 Å². The number of hydrogen-bond donors (Lipinski definition) is 1. The zero-order valence-corrected chi connectivity index (χ0v) is 17.3. The molecule has 4 aromatic rings. The average Bonchev–Trinajstić information content (AvgIpc) is 3.35.